The smallest absolute Gasteiger partial charge is 0.279 e. The number of hydrogen-bond acceptors (Lipinski definition) is 7. The fourth-order valence-electron chi connectivity index (χ4n) is 3.01. The highest BCUT2D eigenvalue weighted by Gasteiger charge is 2.29. The number of nitrogens with zero attached hydrogens (tertiary/aromatic N) is 5. The number of aryl methyl sites for hydroxylation is 1. The molecule has 0 unspecified atom stereocenters. The molecule has 1 fully saturated rings. The number of tetrazole rings is 1. The lowest BCUT2D eigenvalue weighted by Gasteiger charge is -2.11. The highest BCUT2D eigenvalue weighted by molar-refractivity contribution is 7.93. The van der Waals surface area contributed by atoms with Gasteiger partial charge in [-0.05, 0) is 47.9 Å². The van der Waals surface area contributed by atoms with E-state index < -0.39 is 20.6 Å². The van der Waals surface area contributed by atoms with Crippen molar-refractivity contribution in [2.24, 2.45) is 0 Å². The highest BCUT2D eigenvalue weighted by atomic mass is 32.2. The summed E-state index contributed by atoms with van der Waals surface area (Å²) in [4.78, 5) is 10.2. The number of nitro benzene ring substituents is 1. The first kappa shape index (κ1) is 18.0. The van der Waals surface area contributed by atoms with Crippen LogP contribution in [-0.4, -0.2) is 33.5 Å². The van der Waals surface area contributed by atoms with Gasteiger partial charge in [0.05, 0.1) is 11.0 Å². The maximum Gasteiger partial charge on any atom is 0.290 e. The minimum absolute atomic E-state index is 0.264. The van der Waals surface area contributed by atoms with Crippen LogP contribution in [0.3, 0.4) is 0 Å². The van der Waals surface area contributed by atoms with E-state index in [4.69, 9.17) is 0 Å². The van der Waals surface area contributed by atoms with E-state index in [2.05, 4.69) is 20.2 Å². The molecule has 3 aromatic rings. The number of anilines is 1. The van der Waals surface area contributed by atoms with Gasteiger partial charge < -0.3 is 0 Å². The van der Waals surface area contributed by atoms with Gasteiger partial charge in [-0.2, -0.15) is 0 Å². The second-order valence-corrected chi connectivity index (χ2v) is 8.16. The first-order valence-corrected chi connectivity index (χ1v) is 10.0. The molecule has 11 heteroatoms. The van der Waals surface area contributed by atoms with Crippen molar-refractivity contribution in [2.75, 3.05) is 4.72 Å². The Bertz CT molecular complexity index is 1170. The second-order valence-electron chi connectivity index (χ2n) is 6.54. The molecule has 28 heavy (non-hydrogen) atoms. The first-order valence-electron chi connectivity index (χ1n) is 8.52. The molecule has 1 N–H and O–H groups in total. The Hall–Kier alpha value is -3.34. The van der Waals surface area contributed by atoms with E-state index in [1.54, 1.807) is 28.9 Å². The van der Waals surface area contributed by atoms with Gasteiger partial charge in [0.15, 0.2) is 10.7 Å². The number of sulfonamides is 1. The molecule has 10 nitrogen and oxygen atoms in total. The van der Waals surface area contributed by atoms with Crippen LogP contribution in [-0.2, 0) is 10.0 Å². The van der Waals surface area contributed by atoms with Crippen LogP contribution in [0, 0.1) is 17.0 Å². The van der Waals surface area contributed by atoms with E-state index in [9.17, 15) is 18.5 Å². The summed E-state index contributed by atoms with van der Waals surface area (Å²) in [6.45, 7) is 1.52. The standard InChI is InChI=1S/C17H16N6O4S/c1-11-4-2-7-15(23(24)25)16(11)28(26,27)19-13-6-3-5-12(10-13)17-18-20-21-22(17)14-8-9-14/h2-7,10,14,19H,8-9H2,1H3. The van der Waals surface area contributed by atoms with E-state index in [1.165, 1.54) is 25.1 Å². The zero-order valence-corrected chi connectivity index (χ0v) is 15.6. The van der Waals surface area contributed by atoms with Crippen molar-refractivity contribution in [1.82, 2.24) is 20.2 Å². The summed E-state index contributed by atoms with van der Waals surface area (Å²) in [6, 6.07) is 11.0. The molecule has 2 aromatic carbocycles. The Kier molecular flexibility index (Phi) is 4.30. The normalized spacial score (nSPS) is 14.0. The molecule has 1 saturated carbocycles. The molecule has 1 aliphatic carbocycles. The van der Waals surface area contributed by atoms with Crippen LogP contribution >= 0.6 is 0 Å². The van der Waals surface area contributed by atoms with E-state index >= 15 is 0 Å². The fraction of sp³-hybridized carbons (Fsp3) is 0.235. The summed E-state index contributed by atoms with van der Waals surface area (Å²) in [6.07, 6.45) is 2.00. The Morgan fingerprint density at radius 2 is 1.96 bits per heavy atom. The number of aromatic nitrogens is 4. The molecule has 1 aliphatic rings. The molecular weight excluding hydrogens is 384 g/mol. The van der Waals surface area contributed by atoms with Crippen molar-refractivity contribution < 1.29 is 13.3 Å². The number of rotatable bonds is 6. The summed E-state index contributed by atoms with van der Waals surface area (Å²) in [5.74, 6) is 0.547. The molecule has 0 atom stereocenters. The van der Waals surface area contributed by atoms with Crippen molar-refractivity contribution in [1.29, 1.82) is 0 Å². The lowest BCUT2D eigenvalue weighted by atomic mass is 10.2. The fourth-order valence-corrected chi connectivity index (χ4v) is 4.46. The summed E-state index contributed by atoms with van der Waals surface area (Å²) in [5, 5.41) is 23.0. The van der Waals surface area contributed by atoms with Crippen molar-refractivity contribution >= 4 is 21.4 Å². The zero-order valence-electron chi connectivity index (χ0n) is 14.8. The van der Waals surface area contributed by atoms with Crippen LogP contribution in [0.1, 0.15) is 24.4 Å². The predicted molar refractivity (Wildman–Crippen MR) is 100 cm³/mol. The van der Waals surface area contributed by atoms with E-state index in [0.717, 1.165) is 12.8 Å². The number of nitrogens with one attached hydrogen (secondary N) is 1. The third-order valence-corrected chi connectivity index (χ3v) is 5.99. The second kappa shape index (κ2) is 6.68. The van der Waals surface area contributed by atoms with E-state index in [1.807, 2.05) is 0 Å². The van der Waals surface area contributed by atoms with E-state index in [-0.39, 0.29) is 22.2 Å². The van der Waals surface area contributed by atoms with Crippen molar-refractivity contribution in [3.05, 3.63) is 58.1 Å². The Morgan fingerprint density at radius 1 is 1.21 bits per heavy atom. The molecule has 0 radical (unpaired) electrons. The summed E-state index contributed by atoms with van der Waals surface area (Å²) in [5.41, 5.74) is 0.730. The number of nitro groups is 1. The van der Waals surface area contributed by atoms with Gasteiger partial charge in [0, 0.05) is 17.3 Å². The van der Waals surface area contributed by atoms with Gasteiger partial charge in [0.25, 0.3) is 15.7 Å². The topological polar surface area (TPSA) is 133 Å². The molecule has 0 bridgehead atoms. The number of hydrogen-bond donors (Lipinski definition) is 1. The summed E-state index contributed by atoms with van der Waals surface area (Å²) in [7, 11) is -4.17. The molecule has 4 rings (SSSR count). The maximum atomic E-state index is 12.9. The predicted octanol–water partition coefficient (Wildman–Crippen LogP) is 2.69. The Labute approximate surface area is 160 Å². The van der Waals surface area contributed by atoms with Crippen LogP contribution < -0.4 is 4.72 Å². The van der Waals surface area contributed by atoms with Crippen LogP contribution in [0.4, 0.5) is 11.4 Å². The minimum atomic E-state index is -4.17. The SMILES string of the molecule is Cc1cccc([N+](=O)[O-])c1S(=O)(=O)Nc1cccc(-c2nnnn2C2CC2)c1. The molecule has 144 valence electrons. The van der Waals surface area contributed by atoms with Crippen LogP contribution in [0.25, 0.3) is 11.4 Å². The zero-order chi connectivity index (χ0) is 19.9. The van der Waals surface area contributed by atoms with Crippen LogP contribution in [0.15, 0.2) is 47.4 Å². The van der Waals surface area contributed by atoms with Crippen LogP contribution in [0.5, 0.6) is 0 Å². The minimum Gasteiger partial charge on any atom is -0.279 e. The van der Waals surface area contributed by atoms with Gasteiger partial charge in [-0.1, -0.05) is 24.3 Å². The summed E-state index contributed by atoms with van der Waals surface area (Å²) < 4.78 is 29.9. The molecule has 1 heterocycles. The summed E-state index contributed by atoms with van der Waals surface area (Å²) >= 11 is 0. The number of benzene rings is 2. The highest BCUT2D eigenvalue weighted by Crippen LogP contribution is 2.37. The average molecular weight is 400 g/mol. The van der Waals surface area contributed by atoms with Gasteiger partial charge in [0.2, 0.25) is 0 Å². The van der Waals surface area contributed by atoms with Gasteiger partial charge in [-0.15, -0.1) is 5.10 Å². The molecule has 0 spiro atoms. The lowest BCUT2D eigenvalue weighted by molar-refractivity contribution is -0.387. The van der Waals surface area contributed by atoms with Crippen molar-refractivity contribution in [2.45, 2.75) is 30.7 Å². The average Bonchev–Trinajstić information content (AvgIpc) is 3.37. The first-order chi connectivity index (χ1) is 13.4. The van der Waals surface area contributed by atoms with Crippen LogP contribution in [0.2, 0.25) is 0 Å². The monoisotopic (exact) mass is 400 g/mol. The quantitative estimate of drug-likeness (QED) is 0.497. The van der Waals surface area contributed by atoms with Gasteiger partial charge >= 0.3 is 0 Å². The third-order valence-electron chi connectivity index (χ3n) is 4.42. The van der Waals surface area contributed by atoms with Crippen molar-refractivity contribution in [3.63, 3.8) is 0 Å². The Morgan fingerprint density at radius 3 is 2.68 bits per heavy atom. The lowest BCUT2D eigenvalue weighted by Crippen LogP contribution is -2.16. The molecule has 0 saturated heterocycles. The Balaban J connectivity index is 1.70. The van der Waals surface area contributed by atoms with E-state index in [0.29, 0.717) is 11.4 Å². The maximum absolute atomic E-state index is 12.9. The third kappa shape index (κ3) is 3.31. The molecular formula is C17H16N6O4S. The van der Waals surface area contributed by atoms with Gasteiger partial charge in [-0.25, -0.2) is 13.1 Å². The molecule has 1 aromatic heterocycles. The molecule has 0 amide bonds. The molecule has 0 aliphatic heterocycles. The van der Waals surface area contributed by atoms with Crippen molar-refractivity contribution in [3.8, 4) is 11.4 Å². The van der Waals surface area contributed by atoms with Gasteiger partial charge in [0.1, 0.15) is 0 Å². The van der Waals surface area contributed by atoms with Gasteiger partial charge in [-0.3, -0.25) is 14.8 Å². The largest absolute Gasteiger partial charge is 0.290 e.